The van der Waals surface area contributed by atoms with Crippen molar-refractivity contribution in [3.63, 3.8) is 0 Å². The van der Waals surface area contributed by atoms with Crippen LogP contribution in [0.25, 0.3) is 0 Å². The van der Waals surface area contributed by atoms with Crippen LogP contribution in [0.5, 0.6) is 0 Å². The van der Waals surface area contributed by atoms with Crippen LogP contribution in [0.4, 0.5) is 0 Å². The fraction of sp³-hybridized carbons (Fsp3) is 0.875. The Morgan fingerprint density at radius 3 is 2.05 bits per heavy atom. The third-order valence-electron chi connectivity index (χ3n) is 3.33. The van der Waals surface area contributed by atoms with Gasteiger partial charge in [0.1, 0.15) is 5.78 Å². The van der Waals surface area contributed by atoms with Gasteiger partial charge in [-0.05, 0) is 34.6 Å². The van der Waals surface area contributed by atoms with Crippen LogP contribution in [-0.4, -0.2) is 44.2 Å². The van der Waals surface area contributed by atoms with Crippen LogP contribution in [0.3, 0.4) is 0 Å². The molecule has 0 aromatic carbocycles. The van der Waals surface area contributed by atoms with Gasteiger partial charge in [0.2, 0.25) is 5.91 Å². The minimum atomic E-state index is -0.634. The predicted octanol–water partition coefficient (Wildman–Crippen LogP) is 2.19. The first-order chi connectivity index (χ1) is 9.49. The lowest BCUT2D eigenvalue weighted by Crippen LogP contribution is -2.42. The molecule has 0 atom stereocenters. The molecule has 5 nitrogen and oxygen atoms in total. The molecule has 21 heavy (non-hydrogen) atoms. The van der Waals surface area contributed by atoms with Crippen molar-refractivity contribution < 1.29 is 19.1 Å². The van der Waals surface area contributed by atoms with E-state index in [0.29, 0.717) is 19.8 Å². The number of ether oxygens (including phenoxy) is 2. The van der Waals surface area contributed by atoms with Gasteiger partial charge in [0.15, 0.2) is 0 Å². The van der Waals surface area contributed by atoms with Gasteiger partial charge in [-0.1, -0.05) is 13.8 Å². The highest BCUT2D eigenvalue weighted by atomic mass is 16.5. The van der Waals surface area contributed by atoms with E-state index in [1.807, 2.05) is 41.5 Å². The minimum Gasteiger partial charge on any atom is -0.379 e. The van der Waals surface area contributed by atoms with Crippen molar-refractivity contribution in [1.82, 2.24) is 5.32 Å². The van der Waals surface area contributed by atoms with Crippen LogP contribution in [0.2, 0.25) is 0 Å². The highest BCUT2D eigenvalue weighted by Gasteiger charge is 2.30. The zero-order valence-corrected chi connectivity index (χ0v) is 14.5. The topological polar surface area (TPSA) is 64.6 Å². The molecule has 1 N–H and O–H groups in total. The first-order valence-corrected chi connectivity index (χ1v) is 7.48. The average Bonchev–Trinajstić information content (AvgIpc) is 2.33. The molecular weight excluding hydrogens is 270 g/mol. The molecule has 1 amide bonds. The summed E-state index contributed by atoms with van der Waals surface area (Å²) in [6.07, 6.45) is 0.159. The number of amides is 1. The molecule has 0 unspecified atom stereocenters. The lowest BCUT2D eigenvalue weighted by molar-refractivity contribution is -0.135. The monoisotopic (exact) mass is 301 g/mol. The number of Topliss-reactive ketones (excluding diaryl/α,β-unsaturated/α-hetero) is 1. The smallest absolute Gasteiger partial charge is 0.228 e. The van der Waals surface area contributed by atoms with E-state index >= 15 is 0 Å². The second kappa shape index (κ2) is 8.49. The highest BCUT2D eigenvalue weighted by Crippen LogP contribution is 2.20. The van der Waals surface area contributed by atoms with Gasteiger partial charge in [0.05, 0.1) is 31.3 Å². The largest absolute Gasteiger partial charge is 0.379 e. The van der Waals surface area contributed by atoms with Crippen LogP contribution < -0.4 is 5.32 Å². The van der Waals surface area contributed by atoms with Crippen molar-refractivity contribution in [2.75, 3.05) is 26.4 Å². The van der Waals surface area contributed by atoms with Gasteiger partial charge in [-0.2, -0.15) is 0 Å². The highest BCUT2D eigenvalue weighted by molar-refractivity contribution is 5.82. The standard InChI is InChI=1S/C16H31NO4/c1-12(2)21-9-8-17-14(19)16(6,7)11-20-10-15(4,5)13(3)18/h12H,8-11H2,1-7H3,(H,17,19). The Kier molecular flexibility index (Phi) is 8.11. The summed E-state index contributed by atoms with van der Waals surface area (Å²) >= 11 is 0. The number of carbonyl (C=O) groups is 2. The zero-order valence-electron chi connectivity index (χ0n) is 14.5. The lowest BCUT2D eigenvalue weighted by Gasteiger charge is -2.27. The third kappa shape index (κ3) is 8.17. The fourth-order valence-corrected chi connectivity index (χ4v) is 1.43. The second-order valence-corrected chi connectivity index (χ2v) is 6.99. The van der Waals surface area contributed by atoms with Crippen molar-refractivity contribution in [2.24, 2.45) is 10.8 Å². The Morgan fingerprint density at radius 2 is 1.57 bits per heavy atom. The Morgan fingerprint density at radius 1 is 1.05 bits per heavy atom. The average molecular weight is 301 g/mol. The first-order valence-electron chi connectivity index (χ1n) is 7.48. The molecule has 124 valence electrons. The molecule has 0 fully saturated rings. The van der Waals surface area contributed by atoms with E-state index in [1.165, 1.54) is 0 Å². The summed E-state index contributed by atoms with van der Waals surface area (Å²) in [5.41, 5.74) is -1.15. The van der Waals surface area contributed by atoms with Gasteiger partial charge in [-0.3, -0.25) is 9.59 Å². The third-order valence-corrected chi connectivity index (χ3v) is 3.33. The van der Waals surface area contributed by atoms with Crippen molar-refractivity contribution in [2.45, 2.75) is 54.6 Å². The molecule has 0 saturated carbocycles. The van der Waals surface area contributed by atoms with E-state index in [-0.39, 0.29) is 24.4 Å². The number of carbonyl (C=O) groups excluding carboxylic acids is 2. The van der Waals surface area contributed by atoms with Gasteiger partial charge in [0, 0.05) is 12.0 Å². The maximum absolute atomic E-state index is 12.1. The van der Waals surface area contributed by atoms with E-state index in [9.17, 15) is 9.59 Å². The van der Waals surface area contributed by atoms with Crippen LogP contribution >= 0.6 is 0 Å². The SMILES string of the molecule is CC(=O)C(C)(C)COCC(C)(C)C(=O)NCCOC(C)C. The van der Waals surface area contributed by atoms with Crippen molar-refractivity contribution in [1.29, 1.82) is 0 Å². The van der Waals surface area contributed by atoms with Crippen LogP contribution in [-0.2, 0) is 19.1 Å². The van der Waals surface area contributed by atoms with Gasteiger partial charge < -0.3 is 14.8 Å². The summed E-state index contributed by atoms with van der Waals surface area (Å²) < 4.78 is 11.0. The van der Waals surface area contributed by atoms with E-state index < -0.39 is 10.8 Å². The number of rotatable bonds is 10. The number of hydrogen-bond acceptors (Lipinski definition) is 4. The Balaban J connectivity index is 4.11. The van der Waals surface area contributed by atoms with E-state index in [0.717, 1.165) is 0 Å². The number of ketones is 1. The summed E-state index contributed by atoms with van der Waals surface area (Å²) in [5, 5.41) is 2.84. The first kappa shape index (κ1) is 20.1. The molecule has 0 spiro atoms. The normalized spacial score (nSPS) is 12.6. The van der Waals surface area contributed by atoms with E-state index in [2.05, 4.69) is 5.32 Å². The predicted molar refractivity (Wildman–Crippen MR) is 83.2 cm³/mol. The maximum Gasteiger partial charge on any atom is 0.228 e. The van der Waals surface area contributed by atoms with Crippen molar-refractivity contribution in [3.05, 3.63) is 0 Å². The molecule has 0 radical (unpaired) electrons. The molecule has 0 saturated heterocycles. The summed E-state index contributed by atoms with van der Waals surface area (Å²) in [4.78, 5) is 23.5. The molecular formula is C16H31NO4. The summed E-state index contributed by atoms with van der Waals surface area (Å²) in [6.45, 7) is 14.4. The van der Waals surface area contributed by atoms with Crippen molar-refractivity contribution in [3.8, 4) is 0 Å². The summed E-state index contributed by atoms with van der Waals surface area (Å²) in [5.74, 6) is 0.00563. The molecule has 0 aliphatic carbocycles. The Hall–Kier alpha value is -0.940. The zero-order chi connectivity index (χ0) is 16.7. The fourth-order valence-electron chi connectivity index (χ4n) is 1.43. The molecule has 0 bridgehead atoms. The Labute approximate surface area is 128 Å². The molecule has 0 rings (SSSR count). The van der Waals surface area contributed by atoms with Gasteiger partial charge in [-0.15, -0.1) is 0 Å². The van der Waals surface area contributed by atoms with Crippen LogP contribution in [0, 0.1) is 10.8 Å². The molecule has 0 aliphatic heterocycles. The van der Waals surface area contributed by atoms with Gasteiger partial charge in [0.25, 0.3) is 0 Å². The maximum atomic E-state index is 12.1. The molecule has 0 aromatic rings. The number of hydrogen-bond donors (Lipinski definition) is 1. The molecule has 0 aromatic heterocycles. The minimum absolute atomic E-state index is 0.0736. The van der Waals surface area contributed by atoms with Crippen LogP contribution in [0.15, 0.2) is 0 Å². The van der Waals surface area contributed by atoms with Crippen molar-refractivity contribution >= 4 is 11.7 Å². The lowest BCUT2D eigenvalue weighted by atomic mass is 9.89. The Bertz CT molecular complexity index is 348. The second-order valence-electron chi connectivity index (χ2n) is 6.99. The number of nitrogens with one attached hydrogen (secondary N) is 1. The summed E-state index contributed by atoms with van der Waals surface area (Å²) in [7, 11) is 0. The molecule has 5 heteroatoms. The quantitative estimate of drug-likeness (QED) is 0.628. The van der Waals surface area contributed by atoms with Crippen LogP contribution in [0.1, 0.15) is 48.5 Å². The molecule has 0 aliphatic rings. The van der Waals surface area contributed by atoms with Gasteiger partial charge in [-0.25, -0.2) is 0 Å². The van der Waals surface area contributed by atoms with Gasteiger partial charge >= 0.3 is 0 Å². The van der Waals surface area contributed by atoms with E-state index in [1.54, 1.807) is 6.92 Å². The van der Waals surface area contributed by atoms with E-state index in [4.69, 9.17) is 9.47 Å². The summed E-state index contributed by atoms with van der Waals surface area (Å²) in [6, 6.07) is 0. The molecule has 0 heterocycles.